The smallest absolute Gasteiger partial charge is 0.326 e. The maximum absolute atomic E-state index is 11.6. The number of aliphatic carboxylic acids is 1. The van der Waals surface area contributed by atoms with Crippen LogP contribution in [0.3, 0.4) is 0 Å². The molecule has 1 atom stereocenters. The van der Waals surface area contributed by atoms with E-state index < -0.39 is 23.5 Å². The van der Waals surface area contributed by atoms with Crippen molar-refractivity contribution in [3.8, 4) is 12.3 Å². The van der Waals surface area contributed by atoms with E-state index in [1.807, 2.05) is 0 Å². The summed E-state index contributed by atoms with van der Waals surface area (Å²) < 4.78 is 0. The van der Waals surface area contributed by atoms with E-state index in [4.69, 9.17) is 11.5 Å². The number of rotatable bonds is 3. The van der Waals surface area contributed by atoms with E-state index in [1.54, 1.807) is 20.8 Å². The predicted octanol–water partition coefficient (Wildman–Crippen LogP) is 0.760. The van der Waals surface area contributed by atoms with Crippen LogP contribution in [0.25, 0.3) is 0 Å². The van der Waals surface area contributed by atoms with E-state index in [0.717, 1.165) is 0 Å². The van der Waals surface area contributed by atoms with E-state index in [2.05, 4.69) is 11.2 Å². The average Bonchev–Trinajstić information content (AvgIpc) is 2.11. The Balaban J connectivity index is 4.61. The Morgan fingerprint density at radius 2 is 2.00 bits per heavy atom. The minimum atomic E-state index is -1.06. The summed E-state index contributed by atoms with van der Waals surface area (Å²) in [7, 11) is 1.51. The minimum Gasteiger partial charge on any atom is -0.480 e. The number of hydrogen-bond acceptors (Lipinski definition) is 2. The number of urea groups is 1. The molecule has 0 aromatic carbocycles. The number of carbonyl (C=O) groups excluding carboxylic acids is 1. The second-order valence-electron chi connectivity index (χ2n) is 4.65. The number of terminal acetylenes is 1. The van der Waals surface area contributed by atoms with Gasteiger partial charge in [0.25, 0.3) is 0 Å². The van der Waals surface area contributed by atoms with Gasteiger partial charge in [-0.1, -0.05) is 26.7 Å². The molecule has 2 N–H and O–H groups in total. The molecule has 2 amide bonds. The number of carbonyl (C=O) groups is 2. The van der Waals surface area contributed by atoms with Gasteiger partial charge in [0.05, 0.1) is 6.54 Å². The summed E-state index contributed by atoms with van der Waals surface area (Å²) in [6, 6.07) is -1.43. The Morgan fingerprint density at radius 3 is 2.31 bits per heavy atom. The predicted molar refractivity (Wildman–Crippen MR) is 60.9 cm³/mol. The molecule has 0 spiro atoms. The first kappa shape index (κ1) is 14.3. The van der Waals surface area contributed by atoms with Crippen molar-refractivity contribution in [2.45, 2.75) is 26.8 Å². The molecule has 0 aromatic rings. The second kappa shape index (κ2) is 5.40. The fourth-order valence-corrected chi connectivity index (χ4v) is 1.09. The van der Waals surface area contributed by atoms with Gasteiger partial charge in [-0.3, -0.25) is 0 Å². The molecule has 0 aliphatic heterocycles. The van der Waals surface area contributed by atoms with Gasteiger partial charge in [-0.05, 0) is 5.41 Å². The van der Waals surface area contributed by atoms with Gasteiger partial charge >= 0.3 is 12.0 Å². The molecule has 0 aromatic heterocycles. The Labute approximate surface area is 95.8 Å². The van der Waals surface area contributed by atoms with Crippen molar-refractivity contribution in [1.82, 2.24) is 10.2 Å². The van der Waals surface area contributed by atoms with Crippen molar-refractivity contribution < 1.29 is 14.7 Å². The van der Waals surface area contributed by atoms with Crippen molar-refractivity contribution >= 4 is 12.0 Å². The molecular formula is C11H18N2O3. The summed E-state index contributed by atoms with van der Waals surface area (Å²) in [5.74, 6) is 1.25. The number of amides is 2. The zero-order valence-electron chi connectivity index (χ0n) is 10.1. The summed E-state index contributed by atoms with van der Waals surface area (Å²) >= 11 is 0. The molecule has 16 heavy (non-hydrogen) atoms. The normalized spacial score (nSPS) is 12.4. The minimum absolute atomic E-state index is 0.141. The van der Waals surface area contributed by atoms with Gasteiger partial charge in [0, 0.05) is 7.05 Å². The van der Waals surface area contributed by atoms with Crippen LogP contribution < -0.4 is 5.32 Å². The van der Waals surface area contributed by atoms with Crippen LogP contribution in [-0.2, 0) is 4.79 Å². The molecule has 0 rings (SSSR count). The van der Waals surface area contributed by atoms with E-state index in [1.165, 1.54) is 11.9 Å². The van der Waals surface area contributed by atoms with Gasteiger partial charge in [-0.25, -0.2) is 9.59 Å². The van der Waals surface area contributed by atoms with Gasteiger partial charge in [0.1, 0.15) is 6.04 Å². The lowest BCUT2D eigenvalue weighted by atomic mass is 9.87. The quantitative estimate of drug-likeness (QED) is 0.698. The molecule has 0 unspecified atom stereocenters. The van der Waals surface area contributed by atoms with Crippen LogP contribution in [0.2, 0.25) is 0 Å². The highest BCUT2D eigenvalue weighted by atomic mass is 16.4. The number of nitrogens with zero attached hydrogens (tertiary/aromatic N) is 1. The Hall–Kier alpha value is -1.70. The standard InChI is InChI=1S/C11H18N2O3/c1-6-7-13(5)10(16)12-8(9(14)15)11(2,3)4/h1,8H,7H2,2-5H3,(H,12,16)(H,14,15)/t8-/m1/s1. The monoisotopic (exact) mass is 226 g/mol. The number of nitrogens with one attached hydrogen (secondary N) is 1. The summed E-state index contributed by atoms with van der Waals surface area (Å²) in [5.41, 5.74) is -0.557. The summed E-state index contributed by atoms with van der Waals surface area (Å²) in [6.45, 7) is 5.37. The van der Waals surface area contributed by atoms with Crippen molar-refractivity contribution in [2.75, 3.05) is 13.6 Å². The molecule has 5 nitrogen and oxygen atoms in total. The fourth-order valence-electron chi connectivity index (χ4n) is 1.09. The number of hydrogen-bond donors (Lipinski definition) is 2. The lowest BCUT2D eigenvalue weighted by Gasteiger charge is -2.29. The Kier molecular flexibility index (Phi) is 4.83. The first-order valence-electron chi connectivity index (χ1n) is 4.88. The molecule has 0 heterocycles. The molecule has 0 radical (unpaired) electrons. The molecule has 0 bridgehead atoms. The molecule has 0 aliphatic carbocycles. The van der Waals surface area contributed by atoms with Crippen LogP contribution in [0.1, 0.15) is 20.8 Å². The summed E-state index contributed by atoms with van der Waals surface area (Å²) in [4.78, 5) is 23.8. The highest BCUT2D eigenvalue weighted by Crippen LogP contribution is 2.19. The second-order valence-corrected chi connectivity index (χ2v) is 4.65. The number of carboxylic acid groups (broad SMARTS) is 1. The SMILES string of the molecule is C#CCN(C)C(=O)N[C@H](C(=O)O)C(C)(C)C. The molecule has 90 valence electrons. The average molecular weight is 226 g/mol. The van der Waals surface area contributed by atoms with Crippen LogP contribution in [0, 0.1) is 17.8 Å². The van der Waals surface area contributed by atoms with Crippen LogP contribution in [0.4, 0.5) is 4.79 Å². The molecule has 0 aliphatic rings. The Bertz CT molecular complexity index is 312. The van der Waals surface area contributed by atoms with Crippen molar-refractivity contribution in [3.05, 3.63) is 0 Å². The van der Waals surface area contributed by atoms with Crippen molar-refractivity contribution in [1.29, 1.82) is 0 Å². The highest BCUT2D eigenvalue weighted by molar-refractivity contribution is 5.83. The molecular weight excluding hydrogens is 208 g/mol. The van der Waals surface area contributed by atoms with Crippen LogP contribution >= 0.6 is 0 Å². The van der Waals surface area contributed by atoms with Crippen LogP contribution in [0.15, 0.2) is 0 Å². The van der Waals surface area contributed by atoms with Gasteiger partial charge in [0.15, 0.2) is 0 Å². The maximum Gasteiger partial charge on any atom is 0.326 e. The van der Waals surface area contributed by atoms with Crippen LogP contribution in [-0.4, -0.2) is 41.6 Å². The van der Waals surface area contributed by atoms with Crippen molar-refractivity contribution in [2.24, 2.45) is 5.41 Å². The third kappa shape index (κ3) is 4.22. The van der Waals surface area contributed by atoms with Gasteiger partial charge in [-0.15, -0.1) is 6.42 Å². The zero-order valence-corrected chi connectivity index (χ0v) is 10.1. The fraction of sp³-hybridized carbons (Fsp3) is 0.636. The van der Waals surface area contributed by atoms with Crippen molar-refractivity contribution in [3.63, 3.8) is 0 Å². The van der Waals surface area contributed by atoms with Gasteiger partial charge in [0.2, 0.25) is 0 Å². The molecule has 0 saturated carbocycles. The summed E-state index contributed by atoms with van der Waals surface area (Å²) in [6.07, 6.45) is 5.06. The number of carboxylic acids is 1. The molecule has 0 saturated heterocycles. The van der Waals surface area contributed by atoms with E-state index in [-0.39, 0.29) is 6.54 Å². The Morgan fingerprint density at radius 1 is 1.50 bits per heavy atom. The van der Waals surface area contributed by atoms with Gasteiger partial charge in [-0.2, -0.15) is 0 Å². The highest BCUT2D eigenvalue weighted by Gasteiger charge is 2.33. The first-order valence-corrected chi connectivity index (χ1v) is 4.88. The third-order valence-electron chi connectivity index (χ3n) is 2.06. The molecule has 5 heteroatoms. The van der Waals surface area contributed by atoms with E-state index in [0.29, 0.717) is 0 Å². The maximum atomic E-state index is 11.6. The van der Waals surface area contributed by atoms with Gasteiger partial charge < -0.3 is 15.3 Å². The lowest BCUT2D eigenvalue weighted by Crippen LogP contribution is -2.52. The third-order valence-corrected chi connectivity index (χ3v) is 2.06. The largest absolute Gasteiger partial charge is 0.480 e. The topological polar surface area (TPSA) is 69.6 Å². The van der Waals surface area contributed by atoms with E-state index in [9.17, 15) is 9.59 Å². The first-order chi connectivity index (χ1) is 7.20. The molecule has 0 fully saturated rings. The summed E-state index contributed by atoms with van der Waals surface area (Å²) in [5, 5.41) is 11.4. The lowest BCUT2D eigenvalue weighted by molar-refractivity contribution is -0.141. The van der Waals surface area contributed by atoms with E-state index >= 15 is 0 Å². The zero-order chi connectivity index (χ0) is 12.9. The van der Waals surface area contributed by atoms with Crippen LogP contribution in [0.5, 0.6) is 0 Å².